The van der Waals surface area contributed by atoms with E-state index in [0.717, 1.165) is 12.8 Å². The Kier molecular flexibility index (Phi) is 18.3. The molecule has 0 amide bonds. The van der Waals surface area contributed by atoms with Crippen molar-refractivity contribution in [2.75, 3.05) is 6.54 Å². The van der Waals surface area contributed by atoms with Crippen molar-refractivity contribution in [2.45, 2.75) is 50.7 Å². The minimum absolute atomic E-state index is 0.520. The Labute approximate surface area is 144 Å². The van der Waals surface area contributed by atoms with Crippen LogP contribution in [0.25, 0.3) is 0 Å². The molecule has 0 radical (unpaired) electrons. The van der Waals surface area contributed by atoms with Crippen LogP contribution in [0.3, 0.4) is 0 Å². The number of nitrogens with two attached hydrogens (primary N) is 4. The smallest absolute Gasteiger partial charge is 0.321 e. The van der Waals surface area contributed by atoms with Crippen LogP contribution in [0.15, 0.2) is 0 Å². The molecule has 0 fully saturated rings. The minimum atomic E-state index is -1.29. The van der Waals surface area contributed by atoms with E-state index in [9.17, 15) is 19.2 Å². The van der Waals surface area contributed by atoms with Crippen LogP contribution in [0, 0.1) is 0 Å². The molecule has 0 rings (SSSR count). The summed E-state index contributed by atoms with van der Waals surface area (Å²) in [6.45, 7) is 2.02. The average molecular weight is 368 g/mol. The van der Waals surface area contributed by atoms with E-state index in [1.165, 1.54) is 6.92 Å². The van der Waals surface area contributed by atoms with Crippen molar-refractivity contribution in [3.8, 4) is 0 Å². The summed E-state index contributed by atoms with van der Waals surface area (Å²) >= 11 is 0. The van der Waals surface area contributed by atoms with Gasteiger partial charge in [-0.15, -0.1) is 0 Å². The summed E-state index contributed by atoms with van der Waals surface area (Å²) in [5.74, 6) is -4.39. The normalized spacial score (nSPS) is 13.0. The molecule has 25 heavy (non-hydrogen) atoms. The van der Waals surface area contributed by atoms with Crippen molar-refractivity contribution in [3.63, 3.8) is 0 Å². The predicted molar refractivity (Wildman–Crippen MR) is 87.7 cm³/mol. The number of aliphatic carboxylic acids is 4. The van der Waals surface area contributed by atoms with Gasteiger partial charge in [0.25, 0.3) is 0 Å². The maximum Gasteiger partial charge on any atom is 0.321 e. The summed E-state index contributed by atoms with van der Waals surface area (Å²) in [6.07, 6.45) is 1.63. The topological polar surface area (TPSA) is 253 Å². The van der Waals surface area contributed by atoms with Gasteiger partial charge in [-0.05, 0) is 26.3 Å². The molecule has 12 nitrogen and oxygen atoms in total. The van der Waals surface area contributed by atoms with Gasteiger partial charge < -0.3 is 43.4 Å². The van der Waals surface area contributed by atoms with Crippen molar-refractivity contribution in [1.82, 2.24) is 0 Å². The second-order valence-electron chi connectivity index (χ2n) is 4.90. The largest absolute Gasteiger partial charge is 0.481 e. The predicted octanol–water partition coefficient (Wildman–Crippen LogP) is -2.18. The summed E-state index contributed by atoms with van der Waals surface area (Å²) in [7, 11) is 0. The van der Waals surface area contributed by atoms with Gasteiger partial charge >= 0.3 is 23.9 Å². The van der Waals surface area contributed by atoms with Crippen LogP contribution in [0.2, 0.25) is 0 Å². The van der Waals surface area contributed by atoms with Crippen molar-refractivity contribution in [1.29, 1.82) is 0 Å². The van der Waals surface area contributed by atoms with Crippen LogP contribution in [0.4, 0.5) is 0 Å². The SMILES string of the molecule is C[C@H](N)C(=O)O.NCCCC[C@H](N)C(=O)O.N[C@@H](CC(=O)O)C(=O)O. The van der Waals surface area contributed by atoms with E-state index in [1.54, 1.807) is 0 Å². The van der Waals surface area contributed by atoms with Crippen molar-refractivity contribution >= 4 is 23.9 Å². The van der Waals surface area contributed by atoms with Gasteiger partial charge in [-0.1, -0.05) is 6.42 Å². The van der Waals surface area contributed by atoms with Gasteiger partial charge in [-0.2, -0.15) is 0 Å². The zero-order valence-electron chi connectivity index (χ0n) is 14.0. The van der Waals surface area contributed by atoms with E-state index in [4.69, 9.17) is 43.4 Å². The highest BCUT2D eigenvalue weighted by molar-refractivity contribution is 5.80. The van der Waals surface area contributed by atoms with Crippen LogP contribution in [0.5, 0.6) is 0 Å². The number of rotatable bonds is 9. The first-order valence-electron chi connectivity index (χ1n) is 7.23. The minimum Gasteiger partial charge on any atom is -0.481 e. The Morgan fingerprint density at radius 1 is 0.800 bits per heavy atom. The Morgan fingerprint density at radius 3 is 1.40 bits per heavy atom. The second-order valence-corrected chi connectivity index (χ2v) is 4.90. The summed E-state index contributed by atoms with van der Waals surface area (Å²) in [5, 5.41) is 32.2. The van der Waals surface area contributed by atoms with E-state index >= 15 is 0 Å². The van der Waals surface area contributed by atoms with Crippen LogP contribution in [-0.4, -0.2) is 69.0 Å². The van der Waals surface area contributed by atoms with Crippen molar-refractivity contribution in [3.05, 3.63) is 0 Å². The molecule has 0 unspecified atom stereocenters. The first-order chi connectivity index (χ1) is 11.4. The first kappa shape index (κ1) is 27.6. The third-order valence-electron chi connectivity index (χ3n) is 2.39. The van der Waals surface area contributed by atoms with Gasteiger partial charge in [0.2, 0.25) is 0 Å². The van der Waals surface area contributed by atoms with Crippen molar-refractivity contribution in [2.24, 2.45) is 22.9 Å². The highest BCUT2D eigenvalue weighted by Gasteiger charge is 2.14. The van der Waals surface area contributed by atoms with Gasteiger partial charge in [0, 0.05) is 0 Å². The average Bonchev–Trinajstić information content (AvgIpc) is 2.47. The Bertz CT molecular complexity index is 417. The highest BCUT2D eigenvalue weighted by Crippen LogP contribution is 1.96. The highest BCUT2D eigenvalue weighted by atomic mass is 16.4. The summed E-state index contributed by atoms with van der Waals surface area (Å²) in [6, 6.07) is -2.74. The number of carboxylic acid groups (broad SMARTS) is 4. The summed E-state index contributed by atoms with van der Waals surface area (Å²) in [4.78, 5) is 39.3. The molecule has 3 atom stereocenters. The zero-order valence-corrected chi connectivity index (χ0v) is 14.0. The Hall–Kier alpha value is -2.28. The molecule has 0 aliphatic heterocycles. The fourth-order valence-electron chi connectivity index (χ4n) is 0.908. The molecule has 0 saturated carbocycles. The molecule has 148 valence electrons. The van der Waals surface area contributed by atoms with Crippen LogP contribution in [0.1, 0.15) is 32.6 Å². The van der Waals surface area contributed by atoms with Crippen LogP contribution >= 0.6 is 0 Å². The zero-order chi connectivity index (χ0) is 20.6. The summed E-state index contributed by atoms with van der Waals surface area (Å²) in [5.41, 5.74) is 20.1. The lowest BCUT2D eigenvalue weighted by Crippen LogP contribution is -2.32. The maximum atomic E-state index is 10.1. The quantitative estimate of drug-likeness (QED) is 0.202. The molecule has 0 aromatic rings. The fourth-order valence-corrected chi connectivity index (χ4v) is 0.908. The Morgan fingerprint density at radius 2 is 1.20 bits per heavy atom. The molecule has 0 aliphatic rings. The Balaban J connectivity index is -0.000000300. The lowest BCUT2D eigenvalue weighted by molar-refractivity contribution is -0.144. The molecular formula is C13H28N4O8. The number of hydrogen-bond acceptors (Lipinski definition) is 8. The number of hydrogen-bond donors (Lipinski definition) is 8. The van der Waals surface area contributed by atoms with Crippen LogP contribution < -0.4 is 22.9 Å². The number of unbranched alkanes of at least 4 members (excludes halogenated alkanes) is 1. The molecule has 0 aromatic carbocycles. The third kappa shape index (κ3) is 24.1. The van der Waals surface area contributed by atoms with E-state index < -0.39 is 48.4 Å². The monoisotopic (exact) mass is 368 g/mol. The lowest BCUT2D eigenvalue weighted by atomic mass is 10.1. The van der Waals surface area contributed by atoms with E-state index in [1.807, 2.05) is 0 Å². The second kappa shape index (κ2) is 16.6. The maximum absolute atomic E-state index is 10.1. The third-order valence-corrected chi connectivity index (χ3v) is 2.39. The standard InChI is InChI=1S/C6H14N2O2.C4H7NO4.C3H7NO2/c7-4-2-1-3-5(8)6(9)10;5-2(4(8)9)1-3(6)7;1-2(4)3(5)6/h5H,1-4,7-8H2,(H,9,10);2H,1,5H2,(H,6,7)(H,8,9);2H,4H2,1H3,(H,5,6)/t5-;2*2-/m000/s1. The van der Waals surface area contributed by atoms with Gasteiger partial charge in [0.05, 0.1) is 6.42 Å². The molecule has 0 bridgehead atoms. The van der Waals surface area contributed by atoms with Gasteiger partial charge in [0.1, 0.15) is 18.1 Å². The van der Waals surface area contributed by atoms with E-state index in [0.29, 0.717) is 13.0 Å². The van der Waals surface area contributed by atoms with Gasteiger partial charge in [0.15, 0.2) is 0 Å². The van der Waals surface area contributed by atoms with Gasteiger partial charge in [-0.3, -0.25) is 19.2 Å². The number of carboxylic acids is 4. The molecule has 0 aliphatic carbocycles. The van der Waals surface area contributed by atoms with E-state index in [-0.39, 0.29) is 0 Å². The molecular weight excluding hydrogens is 340 g/mol. The van der Waals surface area contributed by atoms with Crippen LogP contribution in [-0.2, 0) is 19.2 Å². The molecule has 0 aromatic heterocycles. The lowest BCUT2D eigenvalue weighted by Gasteiger charge is -2.03. The van der Waals surface area contributed by atoms with Crippen molar-refractivity contribution < 1.29 is 39.6 Å². The molecule has 12 heteroatoms. The van der Waals surface area contributed by atoms with E-state index in [2.05, 4.69) is 0 Å². The molecule has 0 spiro atoms. The van der Waals surface area contributed by atoms with Gasteiger partial charge in [-0.25, -0.2) is 0 Å². The molecule has 0 saturated heterocycles. The molecule has 0 heterocycles. The molecule has 12 N–H and O–H groups in total. The first-order valence-corrected chi connectivity index (χ1v) is 7.23. The number of carbonyl (C=O) groups is 4. The summed E-state index contributed by atoms with van der Waals surface area (Å²) < 4.78 is 0. The fraction of sp³-hybridized carbons (Fsp3) is 0.692.